The molecule has 1 saturated carbocycles. The zero-order valence-corrected chi connectivity index (χ0v) is 20.1. The summed E-state index contributed by atoms with van der Waals surface area (Å²) < 4.78 is 55.0. The summed E-state index contributed by atoms with van der Waals surface area (Å²) in [6.45, 7) is 0. The molecule has 2 aromatic rings. The molecule has 2 saturated heterocycles. The number of halogens is 4. The number of rotatable bonds is 7. The van der Waals surface area contributed by atoms with E-state index in [1.807, 2.05) is 4.90 Å². The van der Waals surface area contributed by atoms with E-state index in [1.165, 1.54) is 36.4 Å². The van der Waals surface area contributed by atoms with Crippen LogP contribution in [0.5, 0.6) is 5.75 Å². The van der Waals surface area contributed by atoms with Gasteiger partial charge in [0.25, 0.3) is 0 Å². The maximum atomic E-state index is 13.8. The average Bonchev–Trinajstić information content (AvgIpc) is 3.60. The summed E-state index contributed by atoms with van der Waals surface area (Å²) in [6.07, 6.45) is -0.400. The zero-order valence-electron chi connectivity index (χ0n) is 20.1. The first-order chi connectivity index (χ1) is 17.5. The highest BCUT2D eigenvalue weighted by molar-refractivity contribution is 5.95. The second-order valence-electron chi connectivity index (χ2n) is 10.4. The van der Waals surface area contributed by atoms with Gasteiger partial charge in [0.2, 0.25) is 11.8 Å². The van der Waals surface area contributed by atoms with E-state index in [1.54, 1.807) is 12.1 Å². The summed E-state index contributed by atoms with van der Waals surface area (Å²) >= 11 is 0. The van der Waals surface area contributed by atoms with Crippen molar-refractivity contribution in [2.24, 2.45) is 5.73 Å². The lowest BCUT2D eigenvalue weighted by molar-refractivity contribution is -0.274. The van der Waals surface area contributed by atoms with Crippen LogP contribution in [0.3, 0.4) is 0 Å². The number of hydrogen-bond donors (Lipinski definition) is 2. The Bertz CT molecular complexity index is 1130. The number of nitrogens with two attached hydrogens (primary N) is 1. The van der Waals surface area contributed by atoms with Gasteiger partial charge in [0, 0.05) is 24.5 Å². The van der Waals surface area contributed by atoms with Crippen LogP contribution in [-0.2, 0) is 21.4 Å². The van der Waals surface area contributed by atoms with Crippen molar-refractivity contribution in [1.29, 1.82) is 0 Å². The molecule has 1 aliphatic carbocycles. The molecule has 6 nitrogen and oxygen atoms in total. The standard InChI is InChI=1S/C27H29F4N3O3/c28-18-5-1-16(2-6-18)13-23(24(35)34-20-7-8-21(34)15-19(32)14-20)33-25(36)26(11-12-26)17-3-9-22(10-4-17)37-27(29,30)31/h1-6,9-10,19-21,23H,7-8,11-15,32H2,(H,33,36)/t19?,20?,21?,23-/m0/s1. The van der Waals surface area contributed by atoms with E-state index in [9.17, 15) is 27.2 Å². The Morgan fingerprint density at radius 2 is 1.62 bits per heavy atom. The van der Waals surface area contributed by atoms with Crippen molar-refractivity contribution in [3.8, 4) is 5.75 Å². The largest absolute Gasteiger partial charge is 0.573 e. The molecule has 2 amide bonds. The van der Waals surface area contributed by atoms with Gasteiger partial charge in [-0.1, -0.05) is 24.3 Å². The van der Waals surface area contributed by atoms with Crippen molar-refractivity contribution in [2.45, 2.75) is 80.9 Å². The topological polar surface area (TPSA) is 84.7 Å². The van der Waals surface area contributed by atoms with Gasteiger partial charge >= 0.3 is 6.36 Å². The molecule has 37 heavy (non-hydrogen) atoms. The Morgan fingerprint density at radius 3 is 2.16 bits per heavy atom. The first-order valence-corrected chi connectivity index (χ1v) is 12.5. The summed E-state index contributed by atoms with van der Waals surface area (Å²) in [4.78, 5) is 29.2. The molecule has 0 radical (unpaired) electrons. The Hall–Kier alpha value is -3.14. The highest BCUT2D eigenvalue weighted by Crippen LogP contribution is 2.49. The van der Waals surface area contributed by atoms with Crippen LogP contribution in [0.2, 0.25) is 0 Å². The number of amides is 2. The number of benzene rings is 2. The van der Waals surface area contributed by atoms with Crippen molar-refractivity contribution in [3.05, 3.63) is 65.5 Å². The summed E-state index contributed by atoms with van der Waals surface area (Å²) in [7, 11) is 0. The summed E-state index contributed by atoms with van der Waals surface area (Å²) in [5.74, 6) is -1.29. The smallest absolute Gasteiger partial charge is 0.406 e. The molecular formula is C27H29F4N3O3. The number of carbonyl (C=O) groups excluding carboxylic acids is 2. The van der Waals surface area contributed by atoms with E-state index < -0.39 is 23.6 Å². The fraction of sp³-hybridized carbons (Fsp3) is 0.481. The lowest BCUT2D eigenvalue weighted by Crippen LogP contribution is -2.58. The second-order valence-corrected chi connectivity index (χ2v) is 10.4. The molecule has 2 bridgehead atoms. The van der Waals surface area contributed by atoms with Crippen LogP contribution in [0.4, 0.5) is 17.6 Å². The SMILES string of the molecule is NC1CC2CCC(C1)N2C(=O)[C@H](Cc1ccc(F)cc1)NC(=O)C1(c2ccc(OC(F)(F)F)cc2)CC1. The third kappa shape index (κ3) is 5.44. The monoisotopic (exact) mass is 519 g/mol. The maximum Gasteiger partial charge on any atom is 0.573 e. The van der Waals surface area contributed by atoms with Crippen LogP contribution in [0, 0.1) is 5.82 Å². The van der Waals surface area contributed by atoms with E-state index >= 15 is 0 Å². The minimum Gasteiger partial charge on any atom is -0.406 e. The van der Waals surface area contributed by atoms with Crippen LogP contribution >= 0.6 is 0 Å². The van der Waals surface area contributed by atoms with Crippen molar-refractivity contribution in [3.63, 3.8) is 0 Å². The van der Waals surface area contributed by atoms with Gasteiger partial charge in [-0.3, -0.25) is 9.59 Å². The Kier molecular flexibility index (Phi) is 6.64. The summed E-state index contributed by atoms with van der Waals surface area (Å²) in [5.41, 5.74) is 6.53. The molecule has 2 unspecified atom stereocenters. The highest BCUT2D eigenvalue weighted by atomic mass is 19.4. The molecule has 5 rings (SSSR count). The van der Waals surface area contributed by atoms with Crippen molar-refractivity contribution in [2.75, 3.05) is 0 Å². The number of nitrogens with one attached hydrogen (secondary N) is 1. The molecule has 10 heteroatoms. The predicted octanol–water partition coefficient (Wildman–Crippen LogP) is 3.96. The predicted molar refractivity (Wildman–Crippen MR) is 127 cm³/mol. The minimum absolute atomic E-state index is 0.0323. The van der Waals surface area contributed by atoms with Gasteiger partial charge < -0.3 is 20.7 Å². The summed E-state index contributed by atoms with van der Waals surface area (Å²) in [5, 5.41) is 2.95. The molecule has 2 heterocycles. The number of hydrogen-bond acceptors (Lipinski definition) is 4. The first kappa shape index (κ1) is 25.5. The lowest BCUT2D eigenvalue weighted by Gasteiger charge is -2.40. The Balaban J connectivity index is 1.36. The van der Waals surface area contributed by atoms with E-state index in [4.69, 9.17) is 5.73 Å². The van der Waals surface area contributed by atoms with Gasteiger partial charge in [0.1, 0.15) is 17.6 Å². The maximum absolute atomic E-state index is 13.8. The molecule has 0 aromatic heterocycles. The van der Waals surface area contributed by atoms with E-state index in [0.717, 1.165) is 25.7 Å². The average molecular weight is 520 g/mol. The Morgan fingerprint density at radius 1 is 1.03 bits per heavy atom. The van der Waals surface area contributed by atoms with E-state index in [0.29, 0.717) is 24.0 Å². The molecule has 3 N–H and O–H groups in total. The zero-order chi connectivity index (χ0) is 26.4. The van der Waals surface area contributed by atoms with Crippen molar-refractivity contribution in [1.82, 2.24) is 10.2 Å². The van der Waals surface area contributed by atoms with Crippen LogP contribution in [0.15, 0.2) is 48.5 Å². The van der Waals surface area contributed by atoms with Gasteiger partial charge in [-0.05, 0) is 73.9 Å². The van der Waals surface area contributed by atoms with Crippen molar-refractivity contribution < 1.29 is 31.9 Å². The van der Waals surface area contributed by atoms with Crippen LogP contribution in [0.25, 0.3) is 0 Å². The molecule has 3 atom stereocenters. The molecule has 0 spiro atoms. The van der Waals surface area contributed by atoms with Crippen molar-refractivity contribution >= 4 is 11.8 Å². The van der Waals surface area contributed by atoms with Crippen LogP contribution in [0.1, 0.15) is 49.7 Å². The van der Waals surface area contributed by atoms with Gasteiger partial charge in [-0.15, -0.1) is 13.2 Å². The Labute approximate surface area is 212 Å². The van der Waals surface area contributed by atoms with E-state index in [-0.39, 0.29) is 42.1 Å². The van der Waals surface area contributed by atoms with Crippen LogP contribution < -0.4 is 15.8 Å². The molecule has 3 aliphatic rings. The fourth-order valence-electron chi connectivity index (χ4n) is 5.86. The molecule has 2 aromatic carbocycles. The number of fused-ring (bicyclic) bond motifs is 2. The second kappa shape index (κ2) is 9.63. The van der Waals surface area contributed by atoms with Gasteiger partial charge in [-0.25, -0.2) is 4.39 Å². The van der Waals surface area contributed by atoms with E-state index in [2.05, 4.69) is 10.1 Å². The number of piperidine rings is 1. The van der Waals surface area contributed by atoms with Gasteiger partial charge in [-0.2, -0.15) is 0 Å². The number of nitrogens with zero attached hydrogens (tertiary/aromatic N) is 1. The minimum atomic E-state index is -4.80. The molecule has 3 fully saturated rings. The fourth-order valence-corrected chi connectivity index (χ4v) is 5.86. The number of alkyl halides is 3. The molecule has 2 aliphatic heterocycles. The highest BCUT2D eigenvalue weighted by Gasteiger charge is 2.53. The third-order valence-corrected chi connectivity index (χ3v) is 7.81. The normalized spacial score (nSPS) is 24.9. The first-order valence-electron chi connectivity index (χ1n) is 12.5. The molecule has 198 valence electrons. The summed E-state index contributed by atoms with van der Waals surface area (Å²) in [6, 6.07) is 10.3. The number of ether oxygens (including phenoxy) is 1. The molecular weight excluding hydrogens is 490 g/mol. The lowest BCUT2D eigenvalue weighted by atomic mass is 9.93. The quantitative estimate of drug-likeness (QED) is 0.543. The van der Waals surface area contributed by atoms with Gasteiger partial charge in [0.15, 0.2) is 0 Å². The number of carbonyl (C=O) groups is 2. The van der Waals surface area contributed by atoms with Gasteiger partial charge in [0.05, 0.1) is 5.41 Å². The van der Waals surface area contributed by atoms with Crippen LogP contribution in [-0.4, -0.2) is 47.2 Å². The third-order valence-electron chi connectivity index (χ3n) is 7.81.